The minimum absolute atomic E-state index is 0.897. The molecule has 0 amide bonds. The highest BCUT2D eigenvalue weighted by Crippen LogP contribution is 2.27. The Kier molecular flexibility index (Phi) is 5.80. The fourth-order valence-corrected chi connectivity index (χ4v) is 4.71. The zero-order valence-electron chi connectivity index (χ0n) is 18.2. The summed E-state index contributed by atoms with van der Waals surface area (Å²) in [4.78, 5) is 14.1. The van der Waals surface area contributed by atoms with E-state index in [-0.39, 0.29) is 0 Å². The van der Waals surface area contributed by atoms with Crippen LogP contribution in [0.15, 0.2) is 54.9 Å². The maximum Gasteiger partial charge on any atom is 0.128 e. The Balaban J connectivity index is 1.20. The van der Waals surface area contributed by atoms with Crippen molar-refractivity contribution in [3.8, 4) is 0 Å². The van der Waals surface area contributed by atoms with E-state index in [1.54, 1.807) is 0 Å². The van der Waals surface area contributed by atoms with Gasteiger partial charge in [0.05, 0.1) is 11.7 Å². The van der Waals surface area contributed by atoms with Crippen LogP contribution in [0.3, 0.4) is 0 Å². The molecule has 0 bridgehead atoms. The van der Waals surface area contributed by atoms with E-state index in [2.05, 4.69) is 67.8 Å². The number of fused-ring (bicyclic) bond motifs is 3. The molecule has 4 aromatic rings. The lowest BCUT2D eigenvalue weighted by atomic mass is 10.1. The maximum absolute atomic E-state index is 4.82. The average molecular weight is 415 g/mol. The molecule has 6 nitrogen and oxygen atoms in total. The van der Waals surface area contributed by atoms with Gasteiger partial charge in [0.2, 0.25) is 0 Å². The van der Waals surface area contributed by atoms with Crippen LogP contribution in [-0.4, -0.2) is 57.4 Å². The molecule has 1 aliphatic heterocycles. The molecular weight excluding hydrogens is 384 g/mol. The molecule has 4 heterocycles. The van der Waals surface area contributed by atoms with Gasteiger partial charge in [-0.3, -0.25) is 14.6 Å². The summed E-state index contributed by atoms with van der Waals surface area (Å²) in [6, 6.07) is 14.6. The van der Waals surface area contributed by atoms with Gasteiger partial charge in [-0.25, -0.2) is 4.98 Å². The summed E-state index contributed by atoms with van der Waals surface area (Å²) in [6.45, 7) is 8.58. The monoisotopic (exact) mass is 414 g/mol. The summed E-state index contributed by atoms with van der Waals surface area (Å²) in [6.07, 6.45) is 7.26. The summed E-state index contributed by atoms with van der Waals surface area (Å²) in [5.41, 5.74) is 3.43. The van der Waals surface area contributed by atoms with Gasteiger partial charge < -0.3 is 4.90 Å². The summed E-state index contributed by atoms with van der Waals surface area (Å²) in [5.74, 6) is 1.10. The molecular formula is C25H30N6. The van der Waals surface area contributed by atoms with E-state index >= 15 is 0 Å². The first-order chi connectivity index (χ1) is 15.3. The molecule has 0 atom stereocenters. The highest BCUT2D eigenvalue weighted by atomic mass is 15.3. The molecule has 0 N–H and O–H groups in total. The molecule has 0 spiro atoms. The van der Waals surface area contributed by atoms with Gasteiger partial charge in [0, 0.05) is 55.4 Å². The highest BCUT2D eigenvalue weighted by Gasteiger charge is 2.18. The average Bonchev–Trinajstić information content (AvgIpc) is 3.21. The molecule has 5 rings (SSSR count). The number of anilines is 1. The highest BCUT2D eigenvalue weighted by molar-refractivity contribution is 6.05. The molecule has 1 saturated heterocycles. The van der Waals surface area contributed by atoms with Gasteiger partial charge in [-0.1, -0.05) is 24.3 Å². The number of piperazine rings is 1. The van der Waals surface area contributed by atoms with E-state index < -0.39 is 0 Å². The molecule has 0 radical (unpaired) electrons. The summed E-state index contributed by atoms with van der Waals surface area (Å²) in [7, 11) is 0. The second-order valence-corrected chi connectivity index (χ2v) is 8.27. The van der Waals surface area contributed by atoms with Crippen LogP contribution in [-0.2, 0) is 13.0 Å². The number of para-hydroxylation sites is 1. The van der Waals surface area contributed by atoms with Gasteiger partial charge in [0.15, 0.2) is 0 Å². The van der Waals surface area contributed by atoms with Gasteiger partial charge in [-0.2, -0.15) is 5.10 Å². The van der Waals surface area contributed by atoms with E-state index in [1.807, 2.05) is 18.5 Å². The number of nitrogens with zero attached hydrogens (tertiary/aromatic N) is 6. The predicted octanol–water partition coefficient (Wildman–Crippen LogP) is 4.14. The van der Waals surface area contributed by atoms with Crippen molar-refractivity contribution in [1.29, 1.82) is 0 Å². The van der Waals surface area contributed by atoms with Crippen LogP contribution < -0.4 is 4.90 Å². The summed E-state index contributed by atoms with van der Waals surface area (Å²) < 4.78 is 2.17. The van der Waals surface area contributed by atoms with Crippen LogP contribution >= 0.6 is 0 Å². The molecule has 0 saturated carbocycles. The van der Waals surface area contributed by atoms with Gasteiger partial charge >= 0.3 is 0 Å². The van der Waals surface area contributed by atoms with E-state index in [9.17, 15) is 0 Å². The van der Waals surface area contributed by atoms with Crippen molar-refractivity contribution in [2.45, 2.75) is 32.7 Å². The third-order valence-corrected chi connectivity index (χ3v) is 6.37. The molecule has 1 aliphatic rings. The molecule has 3 aromatic heterocycles. The SMILES string of the molecule is CCn1nc2cnc3ccccc3c2c1CCCCN1CCN(c2ccccn2)CC1. The molecule has 31 heavy (non-hydrogen) atoms. The first-order valence-electron chi connectivity index (χ1n) is 11.4. The minimum atomic E-state index is 0.897. The number of rotatable bonds is 7. The second kappa shape index (κ2) is 9.02. The molecule has 160 valence electrons. The Morgan fingerprint density at radius 1 is 0.871 bits per heavy atom. The zero-order chi connectivity index (χ0) is 21.0. The normalized spacial score (nSPS) is 15.2. The topological polar surface area (TPSA) is 50.1 Å². The number of pyridine rings is 2. The predicted molar refractivity (Wildman–Crippen MR) is 127 cm³/mol. The summed E-state index contributed by atoms with van der Waals surface area (Å²) >= 11 is 0. The van der Waals surface area contributed by atoms with Crippen LogP contribution in [0.1, 0.15) is 25.5 Å². The quantitative estimate of drug-likeness (QED) is 0.425. The molecule has 0 unspecified atom stereocenters. The van der Waals surface area contributed by atoms with Crippen molar-refractivity contribution < 1.29 is 0 Å². The molecule has 0 aliphatic carbocycles. The van der Waals surface area contributed by atoms with Gasteiger partial charge in [0.1, 0.15) is 11.3 Å². The molecule has 1 fully saturated rings. The lowest BCUT2D eigenvalue weighted by Gasteiger charge is -2.35. The van der Waals surface area contributed by atoms with E-state index in [0.717, 1.165) is 62.5 Å². The Labute approximate surface area is 183 Å². The number of unbranched alkanes of at least 4 members (excludes halogenated alkanes) is 1. The van der Waals surface area contributed by atoms with Crippen LogP contribution in [0.2, 0.25) is 0 Å². The standard InChI is InChI=1S/C25H30N6/c1-2-31-23(25-20-9-3-4-10-21(20)27-19-22(25)28-31)11-6-8-14-29-15-17-30(18-16-29)24-12-5-7-13-26-24/h3-5,7,9-10,12-13,19H,2,6,8,11,14-18H2,1H3. The first kappa shape index (κ1) is 19.9. The van der Waals surface area contributed by atoms with Crippen LogP contribution in [0.4, 0.5) is 5.82 Å². The minimum Gasteiger partial charge on any atom is -0.354 e. The smallest absolute Gasteiger partial charge is 0.128 e. The van der Waals surface area contributed by atoms with Crippen molar-refractivity contribution in [1.82, 2.24) is 24.6 Å². The van der Waals surface area contributed by atoms with E-state index in [1.165, 1.54) is 29.3 Å². The van der Waals surface area contributed by atoms with Crippen molar-refractivity contribution in [3.63, 3.8) is 0 Å². The second-order valence-electron chi connectivity index (χ2n) is 8.27. The van der Waals surface area contributed by atoms with Gasteiger partial charge in [0.25, 0.3) is 0 Å². The lowest BCUT2D eigenvalue weighted by molar-refractivity contribution is 0.252. The van der Waals surface area contributed by atoms with Crippen molar-refractivity contribution in [3.05, 3.63) is 60.6 Å². The Morgan fingerprint density at radius 3 is 2.52 bits per heavy atom. The first-order valence-corrected chi connectivity index (χ1v) is 11.4. The van der Waals surface area contributed by atoms with Gasteiger partial charge in [-0.05, 0) is 50.9 Å². The third-order valence-electron chi connectivity index (χ3n) is 6.37. The fraction of sp³-hybridized carbons (Fsp3) is 0.400. The number of aryl methyl sites for hydroxylation is 2. The van der Waals surface area contributed by atoms with E-state index in [0.29, 0.717) is 0 Å². The number of hydrogen-bond donors (Lipinski definition) is 0. The van der Waals surface area contributed by atoms with Crippen molar-refractivity contribution in [2.75, 3.05) is 37.6 Å². The Bertz CT molecular complexity index is 1140. The zero-order valence-corrected chi connectivity index (χ0v) is 18.2. The Morgan fingerprint density at radius 2 is 1.71 bits per heavy atom. The van der Waals surface area contributed by atoms with Crippen LogP contribution in [0.25, 0.3) is 21.8 Å². The largest absolute Gasteiger partial charge is 0.354 e. The third kappa shape index (κ3) is 4.12. The number of aromatic nitrogens is 4. The number of benzene rings is 1. The van der Waals surface area contributed by atoms with Gasteiger partial charge in [-0.15, -0.1) is 0 Å². The molecule has 1 aromatic carbocycles. The van der Waals surface area contributed by atoms with Crippen molar-refractivity contribution >= 4 is 27.6 Å². The number of hydrogen-bond acceptors (Lipinski definition) is 5. The fourth-order valence-electron chi connectivity index (χ4n) is 4.71. The van der Waals surface area contributed by atoms with Crippen molar-refractivity contribution in [2.24, 2.45) is 0 Å². The van der Waals surface area contributed by atoms with Crippen LogP contribution in [0.5, 0.6) is 0 Å². The lowest BCUT2D eigenvalue weighted by Crippen LogP contribution is -2.46. The maximum atomic E-state index is 4.82. The Hall–Kier alpha value is -2.99. The summed E-state index contributed by atoms with van der Waals surface area (Å²) in [5, 5.41) is 7.33. The molecule has 6 heteroatoms. The van der Waals surface area contributed by atoms with E-state index in [4.69, 9.17) is 5.10 Å². The van der Waals surface area contributed by atoms with Crippen LogP contribution in [0, 0.1) is 0 Å².